The third kappa shape index (κ3) is 3.33. The SMILES string of the molecule is COc1nc2c(nc1C#N)C(O)c1ccccc1-2.N#Cc1nc2c(nc1C#N)-c1ccccc1C2=O. The van der Waals surface area contributed by atoms with Crippen molar-refractivity contribution in [2.24, 2.45) is 0 Å². The third-order valence-corrected chi connectivity index (χ3v) is 5.71. The standard InChI is InChI=1S/C13H4N4O.C13H9N3O2/c14-5-9-10(6-15)17-12-11(16-9)7-3-1-2-4-8(7)13(12)18;1-18-13-9(6-14)15-11-10(16-13)7-4-2-3-5-8(7)12(11)17/h1-4H;2-5,12,17H,1H3. The van der Waals surface area contributed by atoms with Gasteiger partial charge >= 0.3 is 0 Å². The zero-order chi connectivity index (χ0) is 25.4. The first-order valence-electron chi connectivity index (χ1n) is 10.5. The van der Waals surface area contributed by atoms with Gasteiger partial charge in [0.1, 0.15) is 41.4 Å². The van der Waals surface area contributed by atoms with Gasteiger partial charge < -0.3 is 9.84 Å². The normalized spacial score (nSPS) is 13.5. The number of nitriles is 3. The molecule has 1 unspecified atom stereocenters. The summed E-state index contributed by atoms with van der Waals surface area (Å²) in [6.45, 7) is 0. The number of rotatable bonds is 1. The zero-order valence-electron chi connectivity index (χ0n) is 18.6. The molecular formula is C26H13N7O3. The Morgan fingerprint density at radius 3 is 1.97 bits per heavy atom. The van der Waals surface area contributed by atoms with Crippen LogP contribution in [0, 0.1) is 34.0 Å². The van der Waals surface area contributed by atoms with Crippen molar-refractivity contribution in [2.75, 3.05) is 7.11 Å². The van der Waals surface area contributed by atoms with Crippen molar-refractivity contribution in [2.45, 2.75) is 6.10 Å². The monoisotopic (exact) mass is 471 g/mol. The van der Waals surface area contributed by atoms with Crippen molar-refractivity contribution < 1.29 is 14.6 Å². The Hall–Kier alpha value is -5.50. The molecule has 170 valence electrons. The molecule has 4 aromatic rings. The number of fused-ring (bicyclic) bond motifs is 6. The number of nitrogens with zero attached hydrogens (tertiary/aromatic N) is 7. The number of hydrogen-bond acceptors (Lipinski definition) is 10. The van der Waals surface area contributed by atoms with E-state index in [0.29, 0.717) is 28.2 Å². The van der Waals surface area contributed by atoms with Gasteiger partial charge in [-0.1, -0.05) is 48.5 Å². The molecule has 0 amide bonds. The number of hydrogen-bond donors (Lipinski definition) is 1. The first-order chi connectivity index (χ1) is 17.5. The molecule has 10 heteroatoms. The Labute approximate surface area is 204 Å². The first-order valence-corrected chi connectivity index (χ1v) is 10.5. The summed E-state index contributed by atoms with van der Waals surface area (Å²) in [5, 5.41) is 36.9. The summed E-state index contributed by atoms with van der Waals surface area (Å²) in [6.07, 6.45) is -0.832. The van der Waals surface area contributed by atoms with E-state index in [9.17, 15) is 9.90 Å². The Morgan fingerprint density at radius 1 is 0.750 bits per heavy atom. The lowest BCUT2D eigenvalue weighted by atomic mass is 10.1. The molecule has 2 aliphatic carbocycles. The van der Waals surface area contributed by atoms with Crippen molar-refractivity contribution in [3.05, 3.63) is 88.1 Å². The number of aromatic nitrogens is 4. The largest absolute Gasteiger partial charge is 0.479 e. The Balaban J connectivity index is 0.000000148. The minimum absolute atomic E-state index is 0.0549. The topological polar surface area (TPSA) is 169 Å². The molecule has 1 atom stereocenters. The van der Waals surface area contributed by atoms with Gasteiger partial charge in [-0.25, -0.2) is 19.9 Å². The Morgan fingerprint density at radius 2 is 1.33 bits per heavy atom. The van der Waals surface area contributed by atoms with Gasteiger partial charge in [0.2, 0.25) is 11.5 Å². The van der Waals surface area contributed by atoms with Crippen LogP contribution in [0.15, 0.2) is 48.5 Å². The minimum atomic E-state index is -0.832. The quantitative estimate of drug-likeness (QED) is 0.383. The first kappa shape index (κ1) is 22.3. The van der Waals surface area contributed by atoms with Crippen LogP contribution in [0.3, 0.4) is 0 Å². The van der Waals surface area contributed by atoms with E-state index in [-0.39, 0.29) is 34.4 Å². The third-order valence-electron chi connectivity index (χ3n) is 5.71. The van der Waals surface area contributed by atoms with Gasteiger partial charge in [-0.2, -0.15) is 15.8 Å². The number of ketones is 1. The molecule has 0 fully saturated rings. The van der Waals surface area contributed by atoms with Gasteiger partial charge in [-0.15, -0.1) is 0 Å². The van der Waals surface area contributed by atoms with E-state index in [1.807, 2.05) is 36.4 Å². The van der Waals surface area contributed by atoms with Crippen LogP contribution in [0.25, 0.3) is 22.5 Å². The Kier molecular flexibility index (Phi) is 5.39. The maximum atomic E-state index is 12.1. The van der Waals surface area contributed by atoms with E-state index in [2.05, 4.69) is 19.9 Å². The van der Waals surface area contributed by atoms with Crippen molar-refractivity contribution in [1.82, 2.24) is 19.9 Å². The summed E-state index contributed by atoms with van der Waals surface area (Å²) in [7, 11) is 1.44. The van der Waals surface area contributed by atoms with Crippen LogP contribution < -0.4 is 4.74 Å². The van der Waals surface area contributed by atoms with Crippen molar-refractivity contribution >= 4 is 5.78 Å². The summed E-state index contributed by atoms with van der Waals surface area (Å²) < 4.78 is 5.03. The van der Waals surface area contributed by atoms with Crippen molar-refractivity contribution in [1.29, 1.82) is 15.8 Å². The molecular weight excluding hydrogens is 458 g/mol. The molecule has 6 rings (SSSR count). The fourth-order valence-electron chi connectivity index (χ4n) is 4.09. The van der Waals surface area contributed by atoms with Gasteiger partial charge in [0.25, 0.3) is 5.88 Å². The highest BCUT2D eigenvalue weighted by Crippen LogP contribution is 2.42. The van der Waals surface area contributed by atoms with E-state index in [1.165, 1.54) is 7.11 Å². The number of benzene rings is 2. The predicted octanol–water partition coefficient (Wildman–Crippen LogP) is 2.85. The molecule has 2 aromatic carbocycles. The number of aliphatic hydroxyl groups excluding tert-OH is 1. The lowest BCUT2D eigenvalue weighted by molar-refractivity contribution is 0.103. The van der Waals surface area contributed by atoms with Gasteiger partial charge in [-0.05, 0) is 5.56 Å². The molecule has 10 nitrogen and oxygen atoms in total. The summed E-state index contributed by atoms with van der Waals surface area (Å²) in [5.41, 5.74) is 4.18. The smallest absolute Gasteiger partial charge is 0.251 e. The van der Waals surface area contributed by atoms with Crippen LogP contribution in [0.2, 0.25) is 0 Å². The molecule has 2 heterocycles. The average Bonchev–Trinajstić information content (AvgIpc) is 3.37. The molecule has 2 aliphatic rings. The van der Waals surface area contributed by atoms with E-state index < -0.39 is 6.10 Å². The maximum absolute atomic E-state index is 12.1. The molecule has 36 heavy (non-hydrogen) atoms. The fourth-order valence-corrected chi connectivity index (χ4v) is 4.09. The number of carbonyl (C=O) groups excluding carboxylic acids is 1. The zero-order valence-corrected chi connectivity index (χ0v) is 18.6. The van der Waals surface area contributed by atoms with Gasteiger partial charge in [0.05, 0.1) is 12.8 Å². The highest BCUT2D eigenvalue weighted by atomic mass is 16.5. The molecule has 2 aromatic heterocycles. The predicted molar refractivity (Wildman–Crippen MR) is 123 cm³/mol. The number of ether oxygens (including phenoxy) is 1. The lowest BCUT2D eigenvalue weighted by Gasteiger charge is -2.06. The van der Waals surface area contributed by atoms with E-state index in [1.54, 1.807) is 30.3 Å². The average molecular weight is 471 g/mol. The second-order valence-corrected chi connectivity index (χ2v) is 7.63. The molecule has 0 radical (unpaired) electrons. The van der Waals surface area contributed by atoms with Crippen LogP contribution in [-0.2, 0) is 0 Å². The molecule has 0 aliphatic heterocycles. The van der Waals surface area contributed by atoms with Crippen LogP contribution in [0.4, 0.5) is 0 Å². The molecule has 0 saturated carbocycles. The Bertz CT molecular complexity index is 1710. The highest BCUT2D eigenvalue weighted by molar-refractivity contribution is 6.19. The van der Waals surface area contributed by atoms with Crippen molar-refractivity contribution in [3.8, 4) is 46.6 Å². The summed E-state index contributed by atoms with van der Waals surface area (Å²) >= 11 is 0. The van der Waals surface area contributed by atoms with Gasteiger partial charge in [0.15, 0.2) is 11.4 Å². The lowest BCUT2D eigenvalue weighted by Crippen LogP contribution is -2.03. The van der Waals surface area contributed by atoms with Crippen LogP contribution in [0.1, 0.15) is 50.5 Å². The van der Waals surface area contributed by atoms with Gasteiger partial charge in [0, 0.05) is 16.7 Å². The van der Waals surface area contributed by atoms with Crippen LogP contribution in [-0.4, -0.2) is 37.9 Å². The number of carbonyl (C=O) groups is 1. The van der Waals surface area contributed by atoms with E-state index >= 15 is 0 Å². The maximum Gasteiger partial charge on any atom is 0.251 e. The number of aliphatic hydroxyl groups is 1. The molecule has 1 N–H and O–H groups in total. The summed E-state index contributed by atoms with van der Waals surface area (Å²) in [6, 6.07) is 19.9. The van der Waals surface area contributed by atoms with Gasteiger partial charge in [-0.3, -0.25) is 4.79 Å². The van der Waals surface area contributed by atoms with E-state index in [4.69, 9.17) is 20.5 Å². The van der Waals surface area contributed by atoms with Crippen LogP contribution >= 0.6 is 0 Å². The molecule has 0 spiro atoms. The molecule has 0 bridgehead atoms. The fraction of sp³-hybridized carbons (Fsp3) is 0.0769. The second kappa shape index (κ2) is 8.69. The van der Waals surface area contributed by atoms with Crippen LogP contribution in [0.5, 0.6) is 5.88 Å². The second-order valence-electron chi connectivity index (χ2n) is 7.63. The van der Waals surface area contributed by atoms with E-state index in [0.717, 1.165) is 11.1 Å². The minimum Gasteiger partial charge on any atom is -0.479 e. The van der Waals surface area contributed by atoms with Crippen molar-refractivity contribution in [3.63, 3.8) is 0 Å². The summed E-state index contributed by atoms with van der Waals surface area (Å²) in [5.74, 6) is -0.0748. The highest BCUT2D eigenvalue weighted by Gasteiger charge is 2.32. The number of methoxy groups -OCH3 is 1. The summed E-state index contributed by atoms with van der Waals surface area (Å²) in [4.78, 5) is 28.5. The molecule has 0 saturated heterocycles.